The molecule has 0 aliphatic rings. The lowest BCUT2D eigenvalue weighted by atomic mass is 9.86. The van der Waals surface area contributed by atoms with Crippen LogP contribution in [-0.4, -0.2) is 36.6 Å². The molecule has 2 aromatic heterocycles. The number of fused-ring (bicyclic) bond motifs is 1. The van der Waals surface area contributed by atoms with Gasteiger partial charge in [0, 0.05) is 59.9 Å². The number of carbonyl (C=O) groups is 1. The van der Waals surface area contributed by atoms with Crippen LogP contribution in [0.5, 0.6) is 11.5 Å². The standard InChI is InChI=1S/C28H31N3O3/c1-4-19-9-7-11-21-24(18-31-27(19)21)23(22-12-8-13-25(33-2)28(22)34-3)17-26(32)30-16-14-20-10-5-6-15-29-20/h5-13,15,18,23,31H,4,14,16-17H2,1-3H3,(H,30,32). The van der Waals surface area contributed by atoms with Crippen molar-refractivity contribution >= 4 is 16.8 Å². The molecule has 0 bridgehead atoms. The van der Waals surface area contributed by atoms with E-state index in [9.17, 15) is 4.79 Å². The van der Waals surface area contributed by atoms with Crippen LogP contribution < -0.4 is 14.8 Å². The Kier molecular flexibility index (Phi) is 7.48. The number of carbonyl (C=O) groups excluding carboxylic acids is 1. The normalized spacial score (nSPS) is 11.9. The quantitative estimate of drug-likeness (QED) is 0.350. The summed E-state index contributed by atoms with van der Waals surface area (Å²) in [5, 5.41) is 4.19. The number of ether oxygens (including phenoxy) is 2. The number of H-pyrrole nitrogens is 1. The smallest absolute Gasteiger partial charge is 0.220 e. The van der Waals surface area contributed by atoms with Crippen molar-refractivity contribution in [3.8, 4) is 11.5 Å². The fourth-order valence-corrected chi connectivity index (χ4v) is 4.53. The van der Waals surface area contributed by atoms with Crippen LogP contribution in [0.3, 0.4) is 0 Å². The van der Waals surface area contributed by atoms with Crippen LogP contribution in [0, 0.1) is 0 Å². The second kappa shape index (κ2) is 10.9. The van der Waals surface area contributed by atoms with Crippen molar-refractivity contribution in [1.82, 2.24) is 15.3 Å². The van der Waals surface area contributed by atoms with E-state index in [1.807, 2.05) is 42.6 Å². The summed E-state index contributed by atoms with van der Waals surface area (Å²) in [6.45, 7) is 2.68. The molecular weight excluding hydrogens is 426 g/mol. The van der Waals surface area contributed by atoms with Crippen molar-refractivity contribution in [3.63, 3.8) is 0 Å². The van der Waals surface area contributed by atoms with Gasteiger partial charge in [0.25, 0.3) is 0 Å². The molecule has 4 aromatic rings. The molecule has 0 saturated carbocycles. The fourth-order valence-electron chi connectivity index (χ4n) is 4.53. The van der Waals surface area contributed by atoms with Crippen LogP contribution >= 0.6 is 0 Å². The van der Waals surface area contributed by atoms with Gasteiger partial charge in [0.05, 0.1) is 14.2 Å². The second-order valence-corrected chi connectivity index (χ2v) is 8.20. The first-order chi connectivity index (χ1) is 16.7. The molecule has 4 rings (SSSR count). The van der Waals surface area contributed by atoms with E-state index in [1.54, 1.807) is 20.4 Å². The van der Waals surface area contributed by atoms with Crippen LogP contribution in [0.15, 0.2) is 67.0 Å². The summed E-state index contributed by atoms with van der Waals surface area (Å²) in [6, 6.07) is 17.9. The Bertz CT molecular complexity index is 1250. The average Bonchev–Trinajstić information content (AvgIpc) is 3.31. The van der Waals surface area contributed by atoms with Crippen molar-refractivity contribution in [2.45, 2.75) is 32.1 Å². The fraction of sp³-hybridized carbons (Fsp3) is 0.286. The molecule has 0 spiro atoms. The molecule has 0 radical (unpaired) electrons. The molecule has 1 unspecified atom stereocenters. The number of hydrogen-bond donors (Lipinski definition) is 2. The van der Waals surface area contributed by atoms with Crippen molar-refractivity contribution in [3.05, 3.63) is 89.4 Å². The summed E-state index contributed by atoms with van der Waals surface area (Å²) < 4.78 is 11.3. The summed E-state index contributed by atoms with van der Waals surface area (Å²) >= 11 is 0. The molecule has 0 aliphatic heterocycles. The largest absolute Gasteiger partial charge is 0.493 e. The van der Waals surface area contributed by atoms with Gasteiger partial charge in [0.2, 0.25) is 5.91 Å². The number of hydrogen-bond acceptors (Lipinski definition) is 4. The number of rotatable bonds is 10. The molecule has 6 heteroatoms. The SMILES string of the molecule is CCc1cccc2c(C(CC(=O)NCCc3ccccn3)c3cccc(OC)c3OC)c[nH]c12. The maximum atomic E-state index is 13.1. The summed E-state index contributed by atoms with van der Waals surface area (Å²) in [4.78, 5) is 20.9. The minimum Gasteiger partial charge on any atom is -0.493 e. The third-order valence-corrected chi connectivity index (χ3v) is 6.22. The number of para-hydroxylation sites is 2. The van der Waals surface area contributed by atoms with E-state index >= 15 is 0 Å². The number of nitrogens with zero attached hydrogens (tertiary/aromatic N) is 1. The zero-order chi connectivity index (χ0) is 23.9. The first-order valence-corrected chi connectivity index (χ1v) is 11.6. The highest BCUT2D eigenvalue weighted by Gasteiger charge is 2.26. The van der Waals surface area contributed by atoms with Gasteiger partial charge >= 0.3 is 0 Å². The Labute approximate surface area is 200 Å². The number of methoxy groups -OCH3 is 2. The predicted octanol–water partition coefficient (Wildman–Crippen LogP) is 5.02. The molecular formula is C28H31N3O3. The van der Waals surface area contributed by atoms with Gasteiger partial charge in [0.1, 0.15) is 0 Å². The molecule has 2 N–H and O–H groups in total. The number of amides is 1. The van der Waals surface area contributed by atoms with Gasteiger partial charge in [-0.3, -0.25) is 9.78 Å². The summed E-state index contributed by atoms with van der Waals surface area (Å²) in [5.74, 6) is 1.07. The number of pyridine rings is 1. The Morgan fingerprint density at radius 1 is 1.03 bits per heavy atom. The van der Waals surface area contributed by atoms with Gasteiger partial charge in [-0.2, -0.15) is 0 Å². The summed E-state index contributed by atoms with van der Waals surface area (Å²) in [5.41, 5.74) is 5.31. The van der Waals surface area contributed by atoms with Crippen LogP contribution in [0.4, 0.5) is 0 Å². The van der Waals surface area contributed by atoms with Crippen molar-refractivity contribution in [1.29, 1.82) is 0 Å². The van der Waals surface area contributed by atoms with E-state index in [4.69, 9.17) is 9.47 Å². The Morgan fingerprint density at radius 3 is 2.62 bits per heavy atom. The molecule has 2 aromatic carbocycles. The molecule has 176 valence electrons. The first kappa shape index (κ1) is 23.4. The highest BCUT2D eigenvalue weighted by atomic mass is 16.5. The van der Waals surface area contributed by atoms with Gasteiger partial charge in [0.15, 0.2) is 11.5 Å². The minimum atomic E-state index is -0.208. The first-order valence-electron chi connectivity index (χ1n) is 11.6. The van der Waals surface area contributed by atoms with E-state index in [2.05, 4.69) is 40.4 Å². The molecule has 1 atom stereocenters. The monoisotopic (exact) mass is 457 g/mol. The molecule has 0 aliphatic carbocycles. The highest BCUT2D eigenvalue weighted by Crippen LogP contribution is 2.42. The number of aromatic nitrogens is 2. The maximum Gasteiger partial charge on any atom is 0.220 e. The third kappa shape index (κ3) is 4.91. The van der Waals surface area contributed by atoms with Gasteiger partial charge < -0.3 is 19.8 Å². The van der Waals surface area contributed by atoms with Crippen molar-refractivity contribution in [2.75, 3.05) is 20.8 Å². The number of aromatic amines is 1. The Morgan fingerprint density at radius 2 is 1.88 bits per heavy atom. The van der Waals surface area contributed by atoms with E-state index < -0.39 is 0 Å². The molecule has 0 saturated heterocycles. The van der Waals surface area contributed by atoms with Gasteiger partial charge in [-0.05, 0) is 35.7 Å². The lowest BCUT2D eigenvalue weighted by molar-refractivity contribution is -0.121. The molecule has 1 amide bonds. The number of benzene rings is 2. The molecule has 0 fully saturated rings. The molecule has 2 heterocycles. The zero-order valence-electron chi connectivity index (χ0n) is 19.9. The molecule has 6 nitrogen and oxygen atoms in total. The van der Waals surface area contributed by atoms with Crippen LogP contribution in [0.25, 0.3) is 10.9 Å². The van der Waals surface area contributed by atoms with Crippen LogP contribution in [0.1, 0.15) is 41.6 Å². The van der Waals surface area contributed by atoms with Crippen LogP contribution in [0.2, 0.25) is 0 Å². The van der Waals surface area contributed by atoms with Gasteiger partial charge in [-0.1, -0.05) is 43.3 Å². The summed E-state index contributed by atoms with van der Waals surface area (Å²) in [7, 11) is 3.26. The van der Waals surface area contributed by atoms with Gasteiger partial charge in [-0.25, -0.2) is 0 Å². The lowest BCUT2D eigenvalue weighted by Gasteiger charge is -2.21. The zero-order valence-corrected chi connectivity index (χ0v) is 19.9. The Balaban J connectivity index is 1.66. The minimum absolute atomic E-state index is 0.0215. The van der Waals surface area contributed by atoms with Crippen molar-refractivity contribution < 1.29 is 14.3 Å². The lowest BCUT2D eigenvalue weighted by Crippen LogP contribution is -2.27. The molecule has 34 heavy (non-hydrogen) atoms. The third-order valence-electron chi connectivity index (χ3n) is 6.22. The predicted molar refractivity (Wildman–Crippen MR) is 135 cm³/mol. The van der Waals surface area contributed by atoms with Gasteiger partial charge in [-0.15, -0.1) is 0 Å². The van der Waals surface area contributed by atoms with E-state index in [0.29, 0.717) is 24.5 Å². The number of nitrogens with one attached hydrogen (secondary N) is 2. The highest BCUT2D eigenvalue weighted by molar-refractivity contribution is 5.88. The van der Waals surface area contributed by atoms with Crippen LogP contribution in [-0.2, 0) is 17.6 Å². The summed E-state index contributed by atoms with van der Waals surface area (Å²) in [6.07, 6.45) is 5.69. The Hall–Kier alpha value is -3.80. The van der Waals surface area contributed by atoms with E-state index in [0.717, 1.165) is 34.1 Å². The second-order valence-electron chi connectivity index (χ2n) is 8.20. The van der Waals surface area contributed by atoms with E-state index in [-0.39, 0.29) is 18.2 Å². The maximum absolute atomic E-state index is 13.1. The van der Waals surface area contributed by atoms with Crippen molar-refractivity contribution in [2.24, 2.45) is 0 Å². The van der Waals surface area contributed by atoms with E-state index in [1.165, 1.54) is 5.56 Å². The average molecular weight is 458 g/mol. The topological polar surface area (TPSA) is 76.2 Å². The number of aryl methyl sites for hydroxylation is 1.